The van der Waals surface area contributed by atoms with Gasteiger partial charge in [0.15, 0.2) is 5.75 Å². The van der Waals surface area contributed by atoms with Gasteiger partial charge in [0.25, 0.3) is 0 Å². The van der Waals surface area contributed by atoms with E-state index >= 15 is 0 Å². The largest absolute Gasteiger partial charge is 0.422 e. The zero-order chi connectivity index (χ0) is 21.2. The van der Waals surface area contributed by atoms with Crippen LogP contribution in [-0.4, -0.2) is 46.1 Å². The number of ether oxygens (including phenoxy) is 1. The monoisotopic (exact) mass is 419 g/mol. The molecule has 1 unspecified atom stereocenters. The summed E-state index contributed by atoms with van der Waals surface area (Å²) < 4.78 is 19.4. The van der Waals surface area contributed by atoms with E-state index in [9.17, 15) is 4.39 Å². The molecule has 2 fully saturated rings. The number of aromatic nitrogens is 4. The third-order valence-electron chi connectivity index (χ3n) is 6.51. The van der Waals surface area contributed by atoms with Crippen molar-refractivity contribution in [3.8, 4) is 11.8 Å². The molecule has 1 aliphatic carbocycles. The Balaban J connectivity index is 1.53. The molecule has 158 valence electrons. The fraction of sp³-hybridized carbons (Fsp3) is 0.318. The maximum atomic E-state index is 13.6. The van der Waals surface area contributed by atoms with E-state index in [4.69, 9.17) is 15.5 Å². The molecule has 8 nitrogen and oxygen atoms in total. The van der Waals surface area contributed by atoms with Crippen LogP contribution < -0.4 is 20.7 Å². The first-order valence-electron chi connectivity index (χ1n) is 10.4. The minimum absolute atomic E-state index is 0.118. The number of rotatable bonds is 4. The molecule has 6 rings (SSSR count). The summed E-state index contributed by atoms with van der Waals surface area (Å²) >= 11 is 0. The molecule has 1 spiro atoms. The Morgan fingerprint density at radius 2 is 2.16 bits per heavy atom. The lowest BCUT2D eigenvalue weighted by molar-refractivity contribution is 0.437. The first-order chi connectivity index (χ1) is 15.1. The summed E-state index contributed by atoms with van der Waals surface area (Å²) in [5.41, 5.74) is 9.24. The van der Waals surface area contributed by atoms with Crippen molar-refractivity contribution < 1.29 is 9.13 Å². The zero-order valence-electron chi connectivity index (χ0n) is 17.0. The predicted octanol–water partition coefficient (Wildman–Crippen LogP) is 3.41. The average Bonchev–Trinajstić information content (AvgIpc) is 3.33. The van der Waals surface area contributed by atoms with Crippen LogP contribution in [0.25, 0.3) is 21.9 Å². The number of para-hydroxylation sites is 1. The van der Waals surface area contributed by atoms with Crippen molar-refractivity contribution in [1.82, 2.24) is 19.9 Å². The Morgan fingerprint density at radius 3 is 2.90 bits per heavy atom. The molecule has 31 heavy (non-hydrogen) atoms. The van der Waals surface area contributed by atoms with Gasteiger partial charge in [0, 0.05) is 43.0 Å². The van der Waals surface area contributed by atoms with E-state index in [-0.39, 0.29) is 23.2 Å². The van der Waals surface area contributed by atoms with E-state index in [2.05, 4.69) is 31.2 Å². The van der Waals surface area contributed by atoms with E-state index < -0.39 is 5.82 Å². The van der Waals surface area contributed by atoms with Crippen molar-refractivity contribution in [1.29, 1.82) is 0 Å². The number of pyridine rings is 1. The summed E-state index contributed by atoms with van der Waals surface area (Å²) in [5, 5.41) is 5.18. The molecule has 2 aliphatic rings. The van der Waals surface area contributed by atoms with Gasteiger partial charge in [0.05, 0.1) is 29.0 Å². The standard InChI is InChI=1S/C22H22FN7O/c1-25-15-4-2-3-14-17-19(27-18(14)15)28-21(31-13-7-12(23)8-26-9-13)29-20(17)30-10-16(24)22(11-30)5-6-22/h2-4,7-9,16,25H,5-6,10-11,24H2,1H3,(H,27,28,29). The number of benzene rings is 1. The lowest BCUT2D eigenvalue weighted by atomic mass is 10.0. The molecule has 1 aromatic carbocycles. The van der Waals surface area contributed by atoms with Gasteiger partial charge in [-0.15, -0.1) is 0 Å². The highest BCUT2D eigenvalue weighted by atomic mass is 19.1. The molecule has 4 N–H and O–H groups in total. The average molecular weight is 419 g/mol. The van der Waals surface area contributed by atoms with Crippen LogP contribution in [0.1, 0.15) is 12.8 Å². The van der Waals surface area contributed by atoms with Crippen molar-refractivity contribution in [3.63, 3.8) is 0 Å². The maximum absolute atomic E-state index is 13.6. The molecular formula is C22H22FN7O. The van der Waals surface area contributed by atoms with E-state index in [0.717, 1.165) is 59.9 Å². The van der Waals surface area contributed by atoms with Gasteiger partial charge in [0.2, 0.25) is 0 Å². The predicted molar refractivity (Wildman–Crippen MR) is 117 cm³/mol. The number of nitrogens with zero attached hydrogens (tertiary/aromatic N) is 4. The molecule has 1 saturated carbocycles. The molecule has 9 heteroatoms. The van der Waals surface area contributed by atoms with Crippen LogP contribution in [0.3, 0.4) is 0 Å². The smallest absolute Gasteiger partial charge is 0.326 e. The number of nitrogens with two attached hydrogens (primary N) is 1. The number of nitrogens with one attached hydrogen (secondary N) is 2. The topological polar surface area (TPSA) is 105 Å². The second-order valence-electron chi connectivity index (χ2n) is 8.45. The Kier molecular flexibility index (Phi) is 3.85. The van der Waals surface area contributed by atoms with Crippen LogP contribution in [0.4, 0.5) is 15.9 Å². The molecule has 4 heterocycles. The first-order valence-corrected chi connectivity index (χ1v) is 10.4. The minimum atomic E-state index is -0.482. The molecule has 1 atom stereocenters. The Hall–Kier alpha value is -3.46. The molecule has 0 amide bonds. The first kappa shape index (κ1) is 18.3. The van der Waals surface area contributed by atoms with E-state index in [1.54, 1.807) is 0 Å². The zero-order valence-corrected chi connectivity index (χ0v) is 17.0. The quantitative estimate of drug-likeness (QED) is 0.466. The second kappa shape index (κ2) is 6.52. The van der Waals surface area contributed by atoms with Gasteiger partial charge in [-0.25, -0.2) is 4.39 Å². The second-order valence-corrected chi connectivity index (χ2v) is 8.45. The lowest BCUT2D eigenvalue weighted by Gasteiger charge is -2.19. The van der Waals surface area contributed by atoms with Crippen molar-refractivity contribution in [2.75, 3.05) is 30.4 Å². The molecular weight excluding hydrogens is 397 g/mol. The molecule has 1 aliphatic heterocycles. The van der Waals surface area contributed by atoms with E-state index in [1.807, 2.05) is 19.2 Å². The normalized spacial score (nSPS) is 19.5. The molecule has 4 aromatic rings. The summed E-state index contributed by atoms with van der Waals surface area (Å²) in [6.07, 6.45) is 4.86. The number of halogens is 1. The molecule has 0 radical (unpaired) electrons. The summed E-state index contributed by atoms with van der Waals surface area (Å²) in [7, 11) is 1.88. The SMILES string of the molecule is CNc1cccc2c1[nH]c1nc(Oc3cncc(F)c3)nc(N3CC(N)C4(CC4)C3)c12. The summed E-state index contributed by atoms with van der Waals surface area (Å²) in [4.78, 5) is 18.8. The highest BCUT2D eigenvalue weighted by molar-refractivity contribution is 6.14. The van der Waals surface area contributed by atoms with Crippen LogP contribution in [0.15, 0.2) is 36.7 Å². The van der Waals surface area contributed by atoms with Crippen molar-refractivity contribution >= 4 is 33.4 Å². The third-order valence-corrected chi connectivity index (χ3v) is 6.51. The summed E-state index contributed by atoms with van der Waals surface area (Å²) in [6, 6.07) is 7.58. The van der Waals surface area contributed by atoms with Gasteiger partial charge in [-0.1, -0.05) is 12.1 Å². The van der Waals surface area contributed by atoms with Crippen LogP contribution in [-0.2, 0) is 0 Å². The highest BCUT2D eigenvalue weighted by Gasteiger charge is 2.54. The van der Waals surface area contributed by atoms with Gasteiger partial charge < -0.3 is 25.7 Å². The molecule has 0 bridgehead atoms. The summed E-state index contributed by atoms with van der Waals surface area (Å²) in [5.74, 6) is 0.543. The van der Waals surface area contributed by atoms with Gasteiger partial charge >= 0.3 is 6.01 Å². The van der Waals surface area contributed by atoms with Gasteiger partial charge in [-0.2, -0.15) is 9.97 Å². The summed E-state index contributed by atoms with van der Waals surface area (Å²) in [6.45, 7) is 1.59. The number of fused-ring (bicyclic) bond motifs is 3. The number of hydrogen-bond acceptors (Lipinski definition) is 7. The fourth-order valence-corrected chi connectivity index (χ4v) is 4.66. The van der Waals surface area contributed by atoms with Gasteiger partial charge in [0.1, 0.15) is 17.3 Å². The van der Waals surface area contributed by atoms with Crippen molar-refractivity contribution in [2.45, 2.75) is 18.9 Å². The Morgan fingerprint density at radius 1 is 1.29 bits per heavy atom. The maximum Gasteiger partial charge on any atom is 0.326 e. The van der Waals surface area contributed by atoms with Crippen LogP contribution in [0, 0.1) is 11.2 Å². The van der Waals surface area contributed by atoms with E-state index in [0.29, 0.717) is 5.65 Å². The fourth-order valence-electron chi connectivity index (χ4n) is 4.66. The number of aromatic amines is 1. The van der Waals surface area contributed by atoms with E-state index in [1.165, 1.54) is 12.3 Å². The minimum Gasteiger partial charge on any atom is -0.422 e. The van der Waals surface area contributed by atoms with Crippen LogP contribution in [0.2, 0.25) is 0 Å². The van der Waals surface area contributed by atoms with Crippen LogP contribution in [0.5, 0.6) is 11.8 Å². The number of H-pyrrole nitrogens is 1. The van der Waals surface area contributed by atoms with Crippen molar-refractivity contribution in [2.24, 2.45) is 11.1 Å². The Labute approximate surface area is 177 Å². The lowest BCUT2D eigenvalue weighted by Crippen LogP contribution is -2.30. The van der Waals surface area contributed by atoms with Gasteiger partial charge in [-0.3, -0.25) is 4.98 Å². The number of anilines is 2. The molecule has 3 aromatic heterocycles. The van der Waals surface area contributed by atoms with Crippen LogP contribution >= 0.6 is 0 Å². The Bertz CT molecular complexity index is 1320. The molecule has 1 saturated heterocycles. The van der Waals surface area contributed by atoms with Gasteiger partial charge in [-0.05, 0) is 18.9 Å². The van der Waals surface area contributed by atoms with Crippen molar-refractivity contribution in [3.05, 3.63) is 42.5 Å². The third kappa shape index (κ3) is 2.88. The number of hydrogen-bond donors (Lipinski definition) is 3. The highest BCUT2D eigenvalue weighted by Crippen LogP contribution is 2.53.